The van der Waals surface area contributed by atoms with E-state index in [-0.39, 0.29) is 24.9 Å². The molecule has 2 aliphatic rings. The molecule has 202 valence electrons. The number of hydrogen-bond donors (Lipinski definition) is 4. The Balaban J connectivity index is 1.61. The molecule has 0 bridgehead atoms. The van der Waals surface area contributed by atoms with Gasteiger partial charge in [0.15, 0.2) is 0 Å². The zero-order valence-corrected chi connectivity index (χ0v) is 21.8. The van der Waals surface area contributed by atoms with E-state index in [1.807, 2.05) is 30.3 Å². The number of nitrogens with one attached hydrogen (secondary N) is 4. The first kappa shape index (κ1) is 28.1. The van der Waals surface area contributed by atoms with Crippen LogP contribution in [-0.2, 0) is 30.5 Å². The highest BCUT2D eigenvalue weighted by atomic mass is 16.5. The lowest BCUT2D eigenvalue weighted by Gasteiger charge is -2.31. The van der Waals surface area contributed by atoms with E-state index in [2.05, 4.69) is 21.3 Å². The second-order valence-electron chi connectivity index (χ2n) is 11.0. The second kappa shape index (κ2) is 12.7. The van der Waals surface area contributed by atoms with Gasteiger partial charge in [0.05, 0.1) is 6.04 Å². The monoisotopic (exact) mass is 514 g/mol. The first-order valence-corrected chi connectivity index (χ1v) is 12.9. The number of hydrogen-bond acceptors (Lipinski definition) is 6. The molecule has 4 amide bonds. The fourth-order valence-electron chi connectivity index (χ4n) is 4.34. The molecule has 1 saturated heterocycles. The molecule has 0 radical (unpaired) electrons. The fourth-order valence-corrected chi connectivity index (χ4v) is 4.34. The quantitative estimate of drug-likeness (QED) is 0.314. The SMILES string of the molecule is CC(C)(C)C(NC(=O)OCc1ccccc1)C(=O)N[C@@H](CC1CC1)C(=O)N[C@H](C=O)C[C@@H]1CCNC1=O. The Morgan fingerprint density at radius 1 is 1.03 bits per heavy atom. The van der Waals surface area contributed by atoms with Gasteiger partial charge in [0, 0.05) is 12.5 Å². The third-order valence-corrected chi connectivity index (χ3v) is 6.70. The molecular formula is C27H38N4O6. The van der Waals surface area contributed by atoms with Gasteiger partial charge < -0.3 is 30.8 Å². The zero-order chi connectivity index (χ0) is 27.0. The molecular weight excluding hydrogens is 476 g/mol. The molecule has 1 aromatic rings. The molecule has 3 rings (SSSR count). The number of alkyl carbamates (subject to hydrolysis) is 1. The minimum atomic E-state index is -0.964. The summed E-state index contributed by atoms with van der Waals surface area (Å²) in [6, 6.07) is 6.53. The third-order valence-electron chi connectivity index (χ3n) is 6.70. The Labute approximate surface area is 217 Å². The van der Waals surface area contributed by atoms with Gasteiger partial charge in [0.1, 0.15) is 25.0 Å². The van der Waals surface area contributed by atoms with Gasteiger partial charge in [-0.2, -0.15) is 0 Å². The number of rotatable bonds is 12. The van der Waals surface area contributed by atoms with Gasteiger partial charge >= 0.3 is 6.09 Å². The van der Waals surface area contributed by atoms with E-state index in [1.54, 1.807) is 20.8 Å². The first-order chi connectivity index (χ1) is 17.6. The smallest absolute Gasteiger partial charge is 0.408 e. The van der Waals surface area contributed by atoms with Crippen LogP contribution in [0.1, 0.15) is 58.4 Å². The third kappa shape index (κ3) is 8.87. The van der Waals surface area contributed by atoms with Crippen LogP contribution in [0.4, 0.5) is 4.79 Å². The predicted octanol–water partition coefficient (Wildman–Crippen LogP) is 1.82. The lowest BCUT2D eigenvalue weighted by molar-refractivity contribution is -0.132. The van der Waals surface area contributed by atoms with Crippen LogP contribution in [0.3, 0.4) is 0 Å². The van der Waals surface area contributed by atoms with Crippen molar-refractivity contribution in [3.8, 4) is 0 Å². The summed E-state index contributed by atoms with van der Waals surface area (Å²) in [4.78, 5) is 62.5. The van der Waals surface area contributed by atoms with Crippen LogP contribution in [0.5, 0.6) is 0 Å². The predicted molar refractivity (Wildman–Crippen MR) is 136 cm³/mol. The van der Waals surface area contributed by atoms with E-state index in [9.17, 15) is 24.0 Å². The van der Waals surface area contributed by atoms with E-state index in [4.69, 9.17) is 4.74 Å². The molecule has 10 heteroatoms. The van der Waals surface area contributed by atoms with Gasteiger partial charge in [-0.25, -0.2) is 4.79 Å². The highest BCUT2D eigenvalue weighted by molar-refractivity contribution is 5.92. The average molecular weight is 515 g/mol. The van der Waals surface area contributed by atoms with Crippen molar-refractivity contribution >= 4 is 30.1 Å². The van der Waals surface area contributed by atoms with Crippen LogP contribution >= 0.6 is 0 Å². The maximum atomic E-state index is 13.3. The maximum absolute atomic E-state index is 13.3. The molecule has 1 unspecified atom stereocenters. The Hall–Kier alpha value is -3.43. The molecule has 37 heavy (non-hydrogen) atoms. The van der Waals surface area contributed by atoms with Gasteiger partial charge in [0.2, 0.25) is 17.7 Å². The molecule has 10 nitrogen and oxygen atoms in total. The van der Waals surface area contributed by atoms with Gasteiger partial charge in [-0.05, 0) is 36.2 Å². The molecule has 2 fully saturated rings. The van der Waals surface area contributed by atoms with E-state index in [0.29, 0.717) is 31.6 Å². The largest absolute Gasteiger partial charge is 0.445 e. The summed E-state index contributed by atoms with van der Waals surface area (Å²) < 4.78 is 5.29. The standard InChI is InChI=1S/C27H38N4O6/c1-27(2,3)22(31-26(36)37-16-18-7-5-4-6-8-18)25(35)30-21(13-17-9-10-17)24(34)29-20(15-32)14-19-11-12-28-23(19)33/h4-8,15,17,19-22H,9-14,16H2,1-3H3,(H,28,33)(H,29,34)(H,30,35)(H,31,36)/t19-,20-,21-,22?/m0/s1. The lowest BCUT2D eigenvalue weighted by atomic mass is 9.86. The summed E-state index contributed by atoms with van der Waals surface area (Å²) in [5.41, 5.74) is 0.146. The highest BCUT2D eigenvalue weighted by Gasteiger charge is 2.38. The van der Waals surface area contributed by atoms with Gasteiger partial charge in [-0.3, -0.25) is 14.4 Å². The van der Waals surface area contributed by atoms with Gasteiger partial charge in [-0.15, -0.1) is 0 Å². The van der Waals surface area contributed by atoms with Crippen LogP contribution in [-0.4, -0.2) is 54.8 Å². The molecule has 0 spiro atoms. The molecule has 1 saturated carbocycles. The summed E-state index contributed by atoms with van der Waals surface area (Å²) in [6.07, 6.45) is 3.07. The summed E-state index contributed by atoms with van der Waals surface area (Å²) in [7, 11) is 0. The van der Waals surface area contributed by atoms with Gasteiger partial charge in [-0.1, -0.05) is 63.9 Å². The number of ether oxygens (including phenoxy) is 1. The highest BCUT2D eigenvalue weighted by Crippen LogP contribution is 2.34. The fraction of sp³-hybridized carbons (Fsp3) is 0.593. The number of amides is 4. The lowest BCUT2D eigenvalue weighted by Crippen LogP contribution is -2.58. The first-order valence-electron chi connectivity index (χ1n) is 12.9. The number of benzene rings is 1. The van der Waals surface area contributed by atoms with Crippen molar-refractivity contribution in [3.05, 3.63) is 35.9 Å². The van der Waals surface area contributed by atoms with E-state index >= 15 is 0 Å². The number of carbonyl (C=O) groups excluding carboxylic acids is 5. The van der Waals surface area contributed by atoms with Crippen molar-refractivity contribution in [1.82, 2.24) is 21.3 Å². The molecule has 1 aliphatic heterocycles. The van der Waals surface area contributed by atoms with E-state index in [1.165, 1.54) is 0 Å². The Kier molecular flexibility index (Phi) is 9.66. The molecule has 1 heterocycles. The molecule has 1 aromatic carbocycles. The van der Waals surface area contributed by atoms with Crippen LogP contribution in [0, 0.1) is 17.3 Å². The normalized spacial score (nSPS) is 19.6. The Bertz CT molecular complexity index is 973. The van der Waals surface area contributed by atoms with E-state index < -0.39 is 41.4 Å². The second-order valence-corrected chi connectivity index (χ2v) is 11.0. The topological polar surface area (TPSA) is 143 Å². The van der Waals surface area contributed by atoms with Crippen molar-refractivity contribution in [1.29, 1.82) is 0 Å². The minimum Gasteiger partial charge on any atom is -0.445 e. The minimum absolute atomic E-state index is 0.0595. The maximum Gasteiger partial charge on any atom is 0.408 e. The van der Waals surface area contributed by atoms with Crippen LogP contribution < -0.4 is 21.3 Å². The number of aldehydes is 1. The molecule has 0 aromatic heterocycles. The summed E-state index contributed by atoms with van der Waals surface area (Å²) in [5.74, 6) is -1.13. The Morgan fingerprint density at radius 3 is 2.30 bits per heavy atom. The van der Waals surface area contributed by atoms with Crippen molar-refractivity contribution in [2.75, 3.05) is 6.54 Å². The van der Waals surface area contributed by atoms with Crippen molar-refractivity contribution in [3.63, 3.8) is 0 Å². The van der Waals surface area contributed by atoms with Crippen molar-refractivity contribution < 1.29 is 28.7 Å². The molecule has 1 aliphatic carbocycles. The average Bonchev–Trinajstić information content (AvgIpc) is 3.59. The van der Waals surface area contributed by atoms with Gasteiger partial charge in [0.25, 0.3) is 0 Å². The van der Waals surface area contributed by atoms with Crippen molar-refractivity contribution in [2.24, 2.45) is 17.3 Å². The van der Waals surface area contributed by atoms with E-state index in [0.717, 1.165) is 18.4 Å². The number of carbonyl (C=O) groups is 5. The zero-order valence-electron chi connectivity index (χ0n) is 21.8. The van der Waals surface area contributed by atoms with Crippen LogP contribution in [0.25, 0.3) is 0 Å². The summed E-state index contributed by atoms with van der Waals surface area (Å²) in [5, 5.41) is 10.9. The summed E-state index contributed by atoms with van der Waals surface area (Å²) in [6.45, 7) is 6.03. The summed E-state index contributed by atoms with van der Waals surface area (Å²) >= 11 is 0. The molecule has 4 N–H and O–H groups in total. The van der Waals surface area contributed by atoms with Crippen molar-refractivity contribution in [2.45, 2.75) is 77.6 Å². The Morgan fingerprint density at radius 2 is 1.73 bits per heavy atom. The molecule has 4 atom stereocenters. The van der Waals surface area contributed by atoms with Crippen LogP contribution in [0.2, 0.25) is 0 Å². The van der Waals surface area contributed by atoms with Crippen LogP contribution in [0.15, 0.2) is 30.3 Å².